The van der Waals surface area contributed by atoms with Crippen molar-refractivity contribution in [3.63, 3.8) is 0 Å². The van der Waals surface area contributed by atoms with Crippen molar-refractivity contribution < 1.29 is 18.7 Å². The second-order valence-electron chi connectivity index (χ2n) is 6.24. The molecule has 2 heterocycles. The lowest BCUT2D eigenvalue weighted by Gasteiger charge is -2.07. The van der Waals surface area contributed by atoms with E-state index in [1.165, 1.54) is 6.26 Å². The van der Waals surface area contributed by atoms with Gasteiger partial charge in [0.1, 0.15) is 17.6 Å². The summed E-state index contributed by atoms with van der Waals surface area (Å²) in [6, 6.07) is 14.4. The zero-order valence-corrected chi connectivity index (χ0v) is 15.7. The normalized spacial score (nSPS) is 10.8. The molecule has 0 aliphatic heterocycles. The fourth-order valence-corrected chi connectivity index (χ4v) is 2.93. The summed E-state index contributed by atoms with van der Waals surface area (Å²) in [4.78, 5) is 24.3. The molecule has 0 fully saturated rings. The number of rotatable bonds is 6. The lowest BCUT2D eigenvalue weighted by Crippen LogP contribution is -2.14. The molecule has 0 aliphatic rings. The molecular weight excluding hydrogens is 372 g/mol. The van der Waals surface area contributed by atoms with E-state index in [1.807, 2.05) is 30.3 Å². The van der Waals surface area contributed by atoms with Gasteiger partial charge in [0.25, 0.3) is 0 Å². The van der Waals surface area contributed by atoms with E-state index >= 15 is 0 Å². The Labute approximate surface area is 166 Å². The Balaban J connectivity index is 1.62. The Kier molecular flexibility index (Phi) is 5.11. The van der Waals surface area contributed by atoms with Crippen LogP contribution in [0.1, 0.15) is 6.92 Å². The van der Waals surface area contributed by atoms with E-state index in [0.29, 0.717) is 34.5 Å². The fraction of sp³-hybridized carbons (Fsp3) is 0.136. The van der Waals surface area contributed by atoms with Crippen LogP contribution in [0.5, 0.6) is 5.75 Å². The third-order valence-electron chi connectivity index (χ3n) is 4.32. The number of para-hydroxylation sites is 1. The molecule has 0 aliphatic carbocycles. The molecule has 0 saturated heterocycles. The van der Waals surface area contributed by atoms with Crippen LogP contribution >= 0.6 is 0 Å². The Morgan fingerprint density at radius 2 is 2.00 bits per heavy atom. The van der Waals surface area contributed by atoms with Crippen molar-refractivity contribution in [2.45, 2.75) is 6.92 Å². The third kappa shape index (κ3) is 3.89. The van der Waals surface area contributed by atoms with Crippen LogP contribution in [0.15, 0.2) is 76.4 Å². The topological polar surface area (TPSA) is 83.6 Å². The number of aromatic nitrogens is 2. The summed E-state index contributed by atoms with van der Waals surface area (Å²) in [7, 11) is 0. The first-order chi connectivity index (χ1) is 14.2. The maximum atomic E-state index is 12.9. The average Bonchev–Trinajstić information content (AvgIpc) is 3.23. The van der Waals surface area contributed by atoms with Crippen molar-refractivity contribution in [3.8, 4) is 22.6 Å². The van der Waals surface area contributed by atoms with Crippen molar-refractivity contribution in [3.05, 3.63) is 77.4 Å². The molecule has 7 heteroatoms. The minimum Gasteiger partial charge on any atom is -0.482 e. The number of benzene rings is 2. The monoisotopic (exact) mass is 390 g/mol. The van der Waals surface area contributed by atoms with E-state index in [1.54, 1.807) is 42.2 Å². The van der Waals surface area contributed by atoms with Crippen molar-refractivity contribution in [2.24, 2.45) is 0 Å². The molecule has 29 heavy (non-hydrogen) atoms. The molecular formula is C22H18N2O5. The van der Waals surface area contributed by atoms with Crippen LogP contribution in [-0.2, 0) is 9.53 Å². The molecule has 4 rings (SSSR count). The zero-order chi connectivity index (χ0) is 20.2. The number of esters is 1. The first kappa shape index (κ1) is 18.5. The first-order valence-corrected chi connectivity index (χ1v) is 9.10. The molecule has 0 N–H and O–H groups in total. The highest BCUT2D eigenvalue weighted by molar-refractivity contribution is 5.82. The summed E-state index contributed by atoms with van der Waals surface area (Å²) in [6.45, 7) is 1.81. The number of carbonyl (C=O) groups excluding carboxylic acids is 1. The first-order valence-electron chi connectivity index (χ1n) is 9.10. The van der Waals surface area contributed by atoms with Gasteiger partial charge < -0.3 is 13.9 Å². The number of fused-ring (bicyclic) bond motifs is 1. The highest BCUT2D eigenvalue weighted by Gasteiger charge is 2.13. The largest absolute Gasteiger partial charge is 0.482 e. The molecule has 0 spiro atoms. The highest BCUT2D eigenvalue weighted by Crippen LogP contribution is 2.23. The number of hydrogen-bond donors (Lipinski definition) is 0. The molecule has 0 amide bonds. The van der Waals surface area contributed by atoms with Gasteiger partial charge in [-0.2, -0.15) is 5.10 Å². The molecule has 0 atom stereocenters. The van der Waals surface area contributed by atoms with Crippen LogP contribution < -0.4 is 10.2 Å². The second-order valence-corrected chi connectivity index (χ2v) is 6.24. The Bertz CT molecular complexity index is 1210. The van der Waals surface area contributed by atoms with Crippen molar-refractivity contribution in [1.82, 2.24) is 9.78 Å². The number of ether oxygens (including phenoxy) is 2. The van der Waals surface area contributed by atoms with Gasteiger partial charge >= 0.3 is 5.97 Å². The summed E-state index contributed by atoms with van der Waals surface area (Å²) in [5.41, 5.74) is 2.17. The molecule has 0 bridgehead atoms. The highest BCUT2D eigenvalue weighted by atomic mass is 16.6. The average molecular weight is 390 g/mol. The van der Waals surface area contributed by atoms with Crippen LogP contribution in [-0.4, -0.2) is 29.0 Å². The smallest absolute Gasteiger partial charge is 0.344 e. The third-order valence-corrected chi connectivity index (χ3v) is 4.32. The molecule has 7 nitrogen and oxygen atoms in total. The van der Waals surface area contributed by atoms with Crippen LogP contribution in [0.2, 0.25) is 0 Å². The summed E-state index contributed by atoms with van der Waals surface area (Å²) >= 11 is 0. The molecule has 0 unspecified atom stereocenters. The lowest BCUT2D eigenvalue weighted by molar-refractivity contribution is -0.145. The maximum absolute atomic E-state index is 12.9. The van der Waals surface area contributed by atoms with E-state index in [4.69, 9.17) is 13.9 Å². The minimum atomic E-state index is -0.458. The van der Waals surface area contributed by atoms with Crippen molar-refractivity contribution in [2.75, 3.05) is 13.2 Å². The van der Waals surface area contributed by atoms with E-state index in [0.717, 1.165) is 5.69 Å². The van der Waals surface area contributed by atoms with Crippen LogP contribution in [0.25, 0.3) is 27.8 Å². The quantitative estimate of drug-likeness (QED) is 0.468. The molecule has 0 saturated carbocycles. The summed E-state index contributed by atoms with van der Waals surface area (Å²) in [6.07, 6.45) is 4.82. The molecule has 2 aromatic carbocycles. The van der Waals surface area contributed by atoms with Gasteiger partial charge in [-0.1, -0.05) is 18.2 Å². The van der Waals surface area contributed by atoms with Crippen LogP contribution in [0, 0.1) is 0 Å². The number of carbonyl (C=O) groups is 1. The maximum Gasteiger partial charge on any atom is 0.344 e. The van der Waals surface area contributed by atoms with Gasteiger partial charge in [0.05, 0.1) is 29.4 Å². The van der Waals surface area contributed by atoms with Crippen molar-refractivity contribution >= 4 is 16.9 Å². The molecule has 0 radical (unpaired) electrons. The lowest BCUT2D eigenvalue weighted by atomic mass is 10.1. The second kappa shape index (κ2) is 8.02. The van der Waals surface area contributed by atoms with Gasteiger partial charge in [-0.15, -0.1) is 0 Å². The van der Waals surface area contributed by atoms with Crippen LogP contribution in [0.4, 0.5) is 0 Å². The number of nitrogens with zero attached hydrogens (tertiary/aromatic N) is 2. The van der Waals surface area contributed by atoms with Gasteiger partial charge in [-0.3, -0.25) is 4.79 Å². The predicted molar refractivity (Wildman–Crippen MR) is 107 cm³/mol. The Morgan fingerprint density at radius 3 is 2.79 bits per heavy atom. The summed E-state index contributed by atoms with van der Waals surface area (Å²) < 4.78 is 17.6. The molecule has 4 aromatic rings. The molecule has 146 valence electrons. The standard InChI is InChI=1S/C22H18N2O5/c1-2-27-21(25)14-28-17-8-9-18-20(10-17)29-13-19(22(18)26)15-11-23-24(12-15)16-6-4-3-5-7-16/h3-13H,2,14H2,1H3. The Hall–Kier alpha value is -3.87. The summed E-state index contributed by atoms with van der Waals surface area (Å²) in [5, 5.41) is 4.74. The number of hydrogen-bond acceptors (Lipinski definition) is 6. The van der Waals surface area contributed by atoms with E-state index < -0.39 is 5.97 Å². The van der Waals surface area contributed by atoms with Crippen molar-refractivity contribution in [1.29, 1.82) is 0 Å². The summed E-state index contributed by atoms with van der Waals surface area (Å²) in [5.74, 6) is -0.0434. The van der Waals surface area contributed by atoms with Gasteiger partial charge in [0, 0.05) is 17.8 Å². The van der Waals surface area contributed by atoms with E-state index in [9.17, 15) is 9.59 Å². The SMILES string of the molecule is CCOC(=O)COc1ccc2c(=O)c(-c3cnn(-c4ccccc4)c3)coc2c1. The molecule has 2 aromatic heterocycles. The van der Waals surface area contributed by atoms with Gasteiger partial charge in [0.2, 0.25) is 5.43 Å². The Morgan fingerprint density at radius 1 is 1.17 bits per heavy atom. The zero-order valence-electron chi connectivity index (χ0n) is 15.7. The van der Waals surface area contributed by atoms with Gasteiger partial charge in [-0.05, 0) is 31.2 Å². The fourth-order valence-electron chi connectivity index (χ4n) is 2.93. The van der Waals surface area contributed by atoms with E-state index in [-0.39, 0.29) is 12.0 Å². The van der Waals surface area contributed by atoms with Gasteiger partial charge in [0.15, 0.2) is 6.61 Å². The van der Waals surface area contributed by atoms with Crippen LogP contribution in [0.3, 0.4) is 0 Å². The van der Waals surface area contributed by atoms with E-state index in [2.05, 4.69) is 5.10 Å². The minimum absolute atomic E-state index is 0.171. The van der Waals surface area contributed by atoms with Gasteiger partial charge in [-0.25, -0.2) is 9.48 Å². The predicted octanol–water partition coefficient (Wildman–Crippen LogP) is 3.59.